The Hall–Kier alpha value is -4.14. The maximum Gasteiger partial charge on any atom is 0.315 e. The molecule has 0 unspecified atom stereocenters. The number of rotatable bonds is 21. The number of thioether (sulfide) groups is 1. The van der Waals surface area contributed by atoms with E-state index < -0.39 is 35.6 Å². The van der Waals surface area contributed by atoms with Crippen LogP contribution in [0.15, 0.2) is 42.5 Å². The number of carbonyl (C=O) groups is 6. The van der Waals surface area contributed by atoms with Gasteiger partial charge in [-0.3, -0.25) is 24.0 Å². The van der Waals surface area contributed by atoms with Gasteiger partial charge in [-0.25, -0.2) is 9.18 Å². The highest BCUT2D eigenvalue weighted by atomic mass is 32.2. The second kappa shape index (κ2) is 19.2. The van der Waals surface area contributed by atoms with E-state index in [1.165, 1.54) is 18.2 Å². The zero-order chi connectivity index (χ0) is 35.2. The molecule has 0 saturated carbocycles. The van der Waals surface area contributed by atoms with E-state index in [2.05, 4.69) is 21.3 Å². The summed E-state index contributed by atoms with van der Waals surface area (Å²) in [7, 11) is 0. The van der Waals surface area contributed by atoms with E-state index in [1.54, 1.807) is 19.1 Å². The fourth-order valence-electron chi connectivity index (χ4n) is 5.52. The van der Waals surface area contributed by atoms with E-state index >= 15 is 0 Å². The smallest absolute Gasteiger partial charge is 0.315 e. The van der Waals surface area contributed by atoms with Gasteiger partial charge in [0, 0.05) is 53.8 Å². The number of hydrogen-bond acceptors (Lipinski definition) is 9. The van der Waals surface area contributed by atoms with Crippen molar-refractivity contribution < 1.29 is 42.6 Å². The second-order valence-electron chi connectivity index (χ2n) is 12.0. The lowest BCUT2D eigenvalue weighted by molar-refractivity contribution is -0.134. The van der Waals surface area contributed by atoms with Crippen molar-refractivity contribution in [3.8, 4) is 0 Å². The minimum Gasteiger partial charge on any atom is -0.379 e. The summed E-state index contributed by atoms with van der Waals surface area (Å²) >= 11 is 1.89. The fraction of sp³-hybridized carbons (Fsp3) is 0.486. The minimum atomic E-state index is -0.999. The maximum absolute atomic E-state index is 13.1. The molecule has 0 radical (unpaired) electrons. The van der Waals surface area contributed by atoms with E-state index in [9.17, 15) is 33.2 Å². The van der Waals surface area contributed by atoms with Crippen LogP contribution >= 0.6 is 11.8 Å². The van der Waals surface area contributed by atoms with Crippen LogP contribution in [0.2, 0.25) is 0 Å². The normalized spacial score (nSPS) is 17.9. The molecule has 4 N–H and O–H groups in total. The van der Waals surface area contributed by atoms with Gasteiger partial charge in [0.2, 0.25) is 5.78 Å². The Morgan fingerprint density at radius 1 is 0.898 bits per heavy atom. The summed E-state index contributed by atoms with van der Waals surface area (Å²) in [5.74, 6) is -2.32. The first kappa shape index (κ1) is 37.7. The van der Waals surface area contributed by atoms with Crippen molar-refractivity contribution in [1.29, 1.82) is 0 Å². The quantitative estimate of drug-likeness (QED) is 0.0499. The molecule has 12 nitrogen and oxygen atoms in total. The number of Topliss-reactive ketones (excluding diaryl/α,β-unsaturated/α-hetero) is 3. The number of ketones is 3. The maximum atomic E-state index is 13.1. The molecular formula is C35H43FN4O8S. The molecule has 0 aromatic heterocycles. The number of anilines is 1. The SMILES string of the molecule is Cc1ccc(C(=O)NCCOCCOCCCC(=O)CCCC[C@@H]2SC[C@@H]3NC(=O)N[C@@H]32)cc1NC(=O)C(=O)CC(=O)c1ccc(F)cc1. The molecule has 49 heavy (non-hydrogen) atoms. The first-order chi connectivity index (χ1) is 23.6. The van der Waals surface area contributed by atoms with E-state index in [1.807, 2.05) is 11.8 Å². The Labute approximate surface area is 289 Å². The number of amides is 4. The van der Waals surface area contributed by atoms with Crippen molar-refractivity contribution in [3.63, 3.8) is 0 Å². The highest BCUT2D eigenvalue weighted by molar-refractivity contribution is 8.00. The molecule has 14 heteroatoms. The third-order valence-electron chi connectivity index (χ3n) is 8.27. The number of halogens is 1. The van der Waals surface area contributed by atoms with E-state index in [0.29, 0.717) is 49.9 Å². The van der Waals surface area contributed by atoms with Crippen LogP contribution in [-0.4, -0.2) is 91.3 Å². The minimum absolute atomic E-state index is 0.0788. The molecule has 0 bridgehead atoms. The van der Waals surface area contributed by atoms with Crippen molar-refractivity contribution in [1.82, 2.24) is 16.0 Å². The molecule has 4 amide bonds. The molecule has 2 aromatic rings. The van der Waals surface area contributed by atoms with Crippen molar-refractivity contribution in [3.05, 3.63) is 65.0 Å². The molecule has 0 aliphatic carbocycles. The third-order valence-corrected chi connectivity index (χ3v) is 9.78. The van der Waals surface area contributed by atoms with Gasteiger partial charge in [-0.15, -0.1) is 0 Å². The molecule has 2 heterocycles. The molecule has 2 saturated heterocycles. The highest BCUT2D eigenvalue weighted by Crippen LogP contribution is 2.33. The Kier molecular flexibility index (Phi) is 14.7. The number of urea groups is 1. The number of fused-ring (bicyclic) bond motifs is 1. The van der Waals surface area contributed by atoms with Crippen LogP contribution in [0.3, 0.4) is 0 Å². The summed E-state index contributed by atoms with van der Waals surface area (Å²) in [6.07, 6.45) is 3.83. The molecule has 2 aromatic carbocycles. The van der Waals surface area contributed by atoms with Crippen LogP contribution in [0, 0.1) is 12.7 Å². The van der Waals surface area contributed by atoms with Gasteiger partial charge in [-0.05, 0) is 68.1 Å². The van der Waals surface area contributed by atoms with Crippen molar-refractivity contribution in [2.24, 2.45) is 0 Å². The van der Waals surface area contributed by atoms with Gasteiger partial charge in [-0.1, -0.05) is 12.5 Å². The van der Waals surface area contributed by atoms with Gasteiger partial charge in [0.25, 0.3) is 11.8 Å². The molecule has 264 valence electrons. The third kappa shape index (κ3) is 12.1. The van der Waals surface area contributed by atoms with Crippen LogP contribution in [0.1, 0.15) is 71.2 Å². The van der Waals surface area contributed by atoms with Gasteiger partial charge in [-0.2, -0.15) is 11.8 Å². The zero-order valence-corrected chi connectivity index (χ0v) is 28.3. The number of ether oxygens (including phenoxy) is 2. The van der Waals surface area contributed by atoms with E-state index in [4.69, 9.17) is 9.47 Å². The summed E-state index contributed by atoms with van der Waals surface area (Å²) in [4.78, 5) is 73.3. The predicted octanol–water partition coefficient (Wildman–Crippen LogP) is 3.75. The van der Waals surface area contributed by atoms with Crippen molar-refractivity contribution in [2.75, 3.05) is 44.0 Å². The first-order valence-electron chi connectivity index (χ1n) is 16.5. The van der Waals surface area contributed by atoms with Crippen molar-refractivity contribution >= 4 is 52.6 Å². The molecule has 3 atom stereocenters. The Morgan fingerprint density at radius 2 is 1.61 bits per heavy atom. The summed E-state index contributed by atoms with van der Waals surface area (Å²) in [5.41, 5.74) is 1.25. The van der Waals surface area contributed by atoms with Gasteiger partial charge in [0.1, 0.15) is 11.6 Å². The Balaban J connectivity index is 1.01. The number of nitrogens with one attached hydrogen (secondary N) is 4. The summed E-state index contributed by atoms with van der Waals surface area (Å²) in [5, 5.41) is 11.5. The summed E-state index contributed by atoms with van der Waals surface area (Å²) < 4.78 is 24.1. The largest absolute Gasteiger partial charge is 0.379 e. The monoisotopic (exact) mass is 698 g/mol. The Morgan fingerprint density at radius 3 is 2.39 bits per heavy atom. The van der Waals surface area contributed by atoms with Gasteiger partial charge < -0.3 is 30.7 Å². The predicted molar refractivity (Wildman–Crippen MR) is 182 cm³/mol. The lowest BCUT2D eigenvalue weighted by atomic mass is 10.0. The molecule has 0 spiro atoms. The number of carbonyl (C=O) groups excluding carboxylic acids is 6. The standard InChI is InChI=1S/C35H43FN4O8S/c1-22-8-9-24(19-27(22)38-34(45)30(43)20-29(42)23-10-12-25(36)13-11-23)33(44)37-14-16-48-18-17-47-15-4-6-26(41)5-2-3-7-31-32-28(21-49-31)39-35(46)40-32/h8-13,19,28,31-32H,2-7,14-18,20-21H2,1H3,(H,37,44)(H,38,45)(H2,39,40,46)/t28-,31-,32-/m0/s1. The lowest BCUT2D eigenvalue weighted by Crippen LogP contribution is -2.36. The van der Waals surface area contributed by atoms with Gasteiger partial charge in [0.05, 0.1) is 38.3 Å². The van der Waals surface area contributed by atoms with Crippen LogP contribution < -0.4 is 21.3 Å². The number of benzene rings is 2. The van der Waals surface area contributed by atoms with Crippen molar-refractivity contribution in [2.45, 2.75) is 69.2 Å². The molecule has 2 aliphatic heterocycles. The van der Waals surface area contributed by atoms with Crippen LogP contribution in [0.5, 0.6) is 0 Å². The number of hydrogen-bond donors (Lipinski definition) is 4. The lowest BCUT2D eigenvalue weighted by Gasteiger charge is -2.16. The van der Waals surface area contributed by atoms with E-state index in [0.717, 1.165) is 37.1 Å². The first-order valence-corrected chi connectivity index (χ1v) is 17.5. The van der Waals surface area contributed by atoms with Gasteiger partial charge in [0.15, 0.2) is 5.78 Å². The topological polar surface area (TPSA) is 169 Å². The fourth-order valence-corrected chi connectivity index (χ4v) is 7.07. The van der Waals surface area contributed by atoms with E-state index in [-0.39, 0.29) is 53.9 Å². The average Bonchev–Trinajstić information content (AvgIpc) is 3.63. The summed E-state index contributed by atoms with van der Waals surface area (Å²) in [6, 6.07) is 9.68. The van der Waals surface area contributed by atoms with Crippen LogP contribution in [0.4, 0.5) is 14.9 Å². The van der Waals surface area contributed by atoms with Crippen LogP contribution in [0.25, 0.3) is 0 Å². The highest BCUT2D eigenvalue weighted by Gasteiger charge is 2.42. The Bertz CT molecular complexity index is 1500. The molecule has 4 rings (SSSR count). The average molecular weight is 699 g/mol. The van der Waals surface area contributed by atoms with Gasteiger partial charge >= 0.3 is 6.03 Å². The second-order valence-corrected chi connectivity index (χ2v) is 13.3. The zero-order valence-electron chi connectivity index (χ0n) is 27.5. The van der Waals surface area contributed by atoms with Crippen LogP contribution in [-0.2, 0) is 23.9 Å². The summed E-state index contributed by atoms with van der Waals surface area (Å²) in [6.45, 7) is 3.34. The molecule has 2 aliphatic rings. The molecule has 2 fully saturated rings. The number of unbranched alkanes of at least 4 members (excludes halogenated alkanes) is 1. The number of aryl methyl sites for hydroxylation is 1. The molecular weight excluding hydrogens is 655 g/mol.